The number of alkyl halides is 3. The van der Waals surface area contributed by atoms with E-state index in [1.54, 1.807) is 24.3 Å². The molecule has 2 rings (SSSR count). The predicted molar refractivity (Wildman–Crippen MR) is 101 cm³/mol. The number of carbonyl (C=O) groups excluding carboxylic acids is 3. The van der Waals surface area contributed by atoms with Crippen LogP contribution in [0.2, 0.25) is 0 Å². The van der Waals surface area contributed by atoms with Gasteiger partial charge in [0.25, 0.3) is 0 Å². The van der Waals surface area contributed by atoms with E-state index in [1.807, 2.05) is 0 Å². The van der Waals surface area contributed by atoms with Gasteiger partial charge in [0.15, 0.2) is 12.4 Å². The summed E-state index contributed by atoms with van der Waals surface area (Å²) in [7, 11) is 0. The average Bonchev–Trinajstić information content (AvgIpc) is 2.69. The van der Waals surface area contributed by atoms with Crippen molar-refractivity contribution in [1.29, 1.82) is 0 Å². The van der Waals surface area contributed by atoms with Crippen LogP contribution in [0.15, 0.2) is 48.5 Å². The summed E-state index contributed by atoms with van der Waals surface area (Å²) >= 11 is 0. The van der Waals surface area contributed by atoms with Gasteiger partial charge in [0.05, 0.1) is 5.56 Å². The molecule has 0 radical (unpaired) electrons. The van der Waals surface area contributed by atoms with Crippen molar-refractivity contribution in [2.45, 2.75) is 26.1 Å². The Bertz CT molecular complexity index is 877. The monoisotopic (exact) mass is 423 g/mol. The molecule has 2 aromatic rings. The van der Waals surface area contributed by atoms with Gasteiger partial charge in [-0.05, 0) is 42.7 Å². The highest BCUT2D eigenvalue weighted by Gasteiger charge is 2.31. The lowest BCUT2D eigenvalue weighted by Gasteiger charge is -2.09. The number of hydrogen-bond donors (Lipinski definition) is 1. The maximum absolute atomic E-state index is 12.2. The maximum atomic E-state index is 12.2. The largest absolute Gasteiger partial charge is 0.573 e. The van der Waals surface area contributed by atoms with Crippen LogP contribution in [0.1, 0.15) is 39.6 Å². The zero-order valence-electron chi connectivity index (χ0n) is 16.1. The van der Waals surface area contributed by atoms with Crippen LogP contribution in [0.4, 0.5) is 13.2 Å². The minimum Gasteiger partial charge on any atom is -0.454 e. The van der Waals surface area contributed by atoms with Crippen LogP contribution in [0.25, 0.3) is 0 Å². The van der Waals surface area contributed by atoms with Gasteiger partial charge in [-0.15, -0.1) is 13.2 Å². The molecule has 0 fully saturated rings. The fourth-order valence-electron chi connectivity index (χ4n) is 2.50. The maximum Gasteiger partial charge on any atom is 0.573 e. The fraction of sp³-hybridized carbons (Fsp3) is 0.286. The number of ether oxygens (including phenoxy) is 2. The van der Waals surface area contributed by atoms with Gasteiger partial charge in [-0.1, -0.05) is 24.3 Å². The van der Waals surface area contributed by atoms with Crippen LogP contribution in [0.5, 0.6) is 5.75 Å². The van der Waals surface area contributed by atoms with Crippen molar-refractivity contribution in [3.05, 3.63) is 65.2 Å². The van der Waals surface area contributed by atoms with Crippen LogP contribution >= 0.6 is 0 Å². The third kappa shape index (κ3) is 7.94. The summed E-state index contributed by atoms with van der Waals surface area (Å²) in [5.74, 6) is -1.80. The molecule has 0 spiro atoms. The lowest BCUT2D eigenvalue weighted by atomic mass is 10.1. The molecule has 1 amide bonds. The summed E-state index contributed by atoms with van der Waals surface area (Å²) in [5, 5.41) is 2.70. The first-order chi connectivity index (χ1) is 14.1. The third-order valence-corrected chi connectivity index (χ3v) is 3.95. The van der Waals surface area contributed by atoms with Crippen LogP contribution in [0.3, 0.4) is 0 Å². The van der Waals surface area contributed by atoms with Crippen LogP contribution in [-0.2, 0) is 16.0 Å². The highest BCUT2D eigenvalue weighted by molar-refractivity contribution is 5.99. The summed E-state index contributed by atoms with van der Waals surface area (Å²) in [6.07, 6.45) is -3.33. The number of halogens is 3. The van der Waals surface area contributed by atoms with Gasteiger partial charge >= 0.3 is 12.3 Å². The molecule has 0 bridgehead atoms. The normalized spacial score (nSPS) is 10.9. The third-order valence-electron chi connectivity index (χ3n) is 3.95. The number of nitrogens with one attached hydrogen (secondary N) is 1. The van der Waals surface area contributed by atoms with E-state index in [-0.39, 0.29) is 11.5 Å². The number of hydrogen-bond acceptors (Lipinski definition) is 5. The lowest BCUT2D eigenvalue weighted by Crippen LogP contribution is -2.21. The molecule has 1 N–H and O–H groups in total. The van der Waals surface area contributed by atoms with Crippen LogP contribution < -0.4 is 10.1 Å². The van der Waals surface area contributed by atoms with E-state index in [2.05, 4.69) is 10.1 Å². The van der Waals surface area contributed by atoms with Crippen molar-refractivity contribution in [2.75, 3.05) is 13.2 Å². The van der Waals surface area contributed by atoms with Gasteiger partial charge in [-0.25, -0.2) is 4.79 Å². The zero-order chi connectivity index (χ0) is 22.1. The first-order valence-corrected chi connectivity index (χ1v) is 9.03. The van der Waals surface area contributed by atoms with Crippen LogP contribution in [-0.4, -0.2) is 37.2 Å². The second kappa shape index (κ2) is 10.4. The summed E-state index contributed by atoms with van der Waals surface area (Å²) in [6.45, 7) is 1.52. The first-order valence-electron chi connectivity index (χ1n) is 9.03. The summed E-state index contributed by atoms with van der Waals surface area (Å²) in [4.78, 5) is 34.9. The fourth-order valence-corrected chi connectivity index (χ4v) is 2.50. The average molecular weight is 423 g/mol. The topological polar surface area (TPSA) is 81.7 Å². The van der Waals surface area contributed by atoms with Crippen molar-refractivity contribution in [2.24, 2.45) is 0 Å². The molecule has 0 unspecified atom stereocenters. The quantitative estimate of drug-likeness (QED) is 0.378. The van der Waals surface area contributed by atoms with Crippen molar-refractivity contribution >= 4 is 17.7 Å². The number of ketones is 1. The molecule has 0 aliphatic carbocycles. The number of amides is 1. The van der Waals surface area contributed by atoms with E-state index in [4.69, 9.17) is 4.74 Å². The Morgan fingerprint density at radius 2 is 1.53 bits per heavy atom. The second-order valence-corrected chi connectivity index (χ2v) is 6.35. The van der Waals surface area contributed by atoms with Gasteiger partial charge in [0.1, 0.15) is 5.75 Å². The number of benzene rings is 2. The molecule has 0 heterocycles. The molecule has 2 aromatic carbocycles. The van der Waals surface area contributed by atoms with Gasteiger partial charge in [-0.2, -0.15) is 0 Å². The molecule has 6 nitrogen and oxygen atoms in total. The molecule has 30 heavy (non-hydrogen) atoms. The molecule has 0 aromatic heterocycles. The van der Waals surface area contributed by atoms with Crippen LogP contribution in [0, 0.1) is 0 Å². The highest BCUT2D eigenvalue weighted by Crippen LogP contribution is 2.23. The Hall–Kier alpha value is -3.36. The van der Waals surface area contributed by atoms with E-state index in [0.29, 0.717) is 12.1 Å². The van der Waals surface area contributed by atoms with Crippen molar-refractivity contribution in [3.63, 3.8) is 0 Å². The van der Waals surface area contributed by atoms with Gasteiger partial charge in [0.2, 0.25) is 5.91 Å². The van der Waals surface area contributed by atoms with E-state index < -0.39 is 30.5 Å². The Labute approximate surface area is 171 Å². The minimum absolute atomic E-state index is 0.00755. The molecule has 0 saturated carbocycles. The Kier molecular flexibility index (Phi) is 7.97. The standard InChI is InChI=1S/C21H20F3NO5/c1-14(26)25-12-2-3-15-4-6-16(7-5-15)19(27)13-29-20(28)17-8-10-18(11-9-17)30-21(22,23)24/h4-11H,2-3,12-13H2,1H3,(H,25,26). The smallest absolute Gasteiger partial charge is 0.454 e. The molecule has 9 heteroatoms. The Morgan fingerprint density at radius 1 is 0.933 bits per heavy atom. The van der Waals surface area contributed by atoms with E-state index >= 15 is 0 Å². The Balaban J connectivity index is 1.81. The van der Waals surface area contributed by atoms with Gasteiger partial charge in [0, 0.05) is 19.0 Å². The number of Topliss-reactive ketones (excluding diaryl/α,β-unsaturated/α-hetero) is 1. The SMILES string of the molecule is CC(=O)NCCCc1ccc(C(=O)COC(=O)c2ccc(OC(F)(F)F)cc2)cc1. The number of esters is 1. The Morgan fingerprint density at radius 3 is 2.10 bits per heavy atom. The summed E-state index contributed by atoms with van der Waals surface area (Å²) < 4.78 is 45.1. The van der Waals surface area contributed by atoms with Gasteiger partial charge < -0.3 is 14.8 Å². The first kappa shape index (κ1) is 22.9. The van der Waals surface area contributed by atoms with Crippen molar-refractivity contribution in [3.8, 4) is 5.75 Å². The number of rotatable bonds is 9. The lowest BCUT2D eigenvalue weighted by molar-refractivity contribution is -0.274. The number of carbonyl (C=O) groups is 3. The van der Waals surface area contributed by atoms with E-state index in [1.165, 1.54) is 6.92 Å². The summed E-state index contributed by atoms with van der Waals surface area (Å²) in [6, 6.07) is 11.0. The predicted octanol–water partition coefficient (Wildman–Crippen LogP) is 3.69. The number of aryl methyl sites for hydroxylation is 1. The molecule has 0 saturated heterocycles. The van der Waals surface area contributed by atoms with Crippen molar-refractivity contribution < 1.29 is 37.0 Å². The molecule has 0 atom stereocenters. The van der Waals surface area contributed by atoms with Gasteiger partial charge in [-0.3, -0.25) is 9.59 Å². The molecular formula is C21H20F3NO5. The van der Waals surface area contributed by atoms with E-state index in [0.717, 1.165) is 42.7 Å². The minimum atomic E-state index is -4.82. The van der Waals surface area contributed by atoms with E-state index in [9.17, 15) is 27.6 Å². The molecular weight excluding hydrogens is 403 g/mol. The highest BCUT2D eigenvalue weighted by atomic mass is 19.4. The van der Waals surface area contributed by atoms with Crippen molar-refractivity contribution in [1.82, 2.24) is 5.32 Å². The molecule has 160 valence electrons. The molecule has 0 aliphatic rings. The zero-order valence-corrected chi connectivity index (χ0v) is 16.1. The molecule has 0 aliphatic heterocycles. The summed E-state index contributed by atoms with van der Waals surface area (Å²) in [5.41, 5.74) is 1.35. The second-order valence-electron chi connectivity index (χ2n) is 6.35.